The maximum atomic E-state index is 5.53. The molecule has 1 saturated heterocycles. The zero-order valence-corrected chi connectivity index (χ0v) is 12.3. The molecule has 1 N–H and O–H groups in total. The van der Waals surface area contributed by atoms with Gasteiger partial charge >= 0.3 is 0 Å². The van der Waals surface area contributed by atoms with Crippen molar-refractivity contribution >= 4 is 0 Å². The van der Waals surface area contributed by atoms with Gasteiger partial charge in [-0.3, -0.25) is 0 Å². The minimum Gasteiger partial charge on any atom is -0.381 e. The van der Waals surface area contributed by atoms with Crippen LogP contribution in [0.4, 0.5) is 0 Å². The van der Waals surface area contributed by atoms with E-state index in [1.165, 1.54) is 44.9 Å². The van der Waals surface area contributed by atoms with Crippen LogP contribution in [0.1, 0.15) is 58.8 Å². The second kappa shape index (κ2) is 7.49. The highest BCUT2D eigenvalue weighted by molar-refractivity contribution is 4.84. The Balaban J connectivity index is 1.80. The van der Waals surface area contributed by atoms with E-state index < -0.39 is 0 Å². The first-order valence-electron chi connectivity index (χ1n) is 8.14. The van der Waals surface area contributed by atoms with Gasteiger partial charge in [-0.1, -0.05) is 33.1 Å². The Kier molecular flexibility index (Phi) is 5.97. The van der Waals surface area contributed by atoms with Gasteiger partial charge < -0.3 is 10.1 Å². The zero-order chi connectivity index (χ0) is 12.8. The van der Waals surface area contributed by atoms with E-state index in [1.54, 1.807) is 0 Å². The Morgan fingerprint density at radius 3 is 2.39 bits per heavy atom. The minimum absolute atomic E-state index is 0.750. The van der Waals surface area contributed by atoms with Crippen molar-refractivity contribution in [3.8, 4) is 0 Å². The molecular weight excluding hydrogens is 222 g/mol. The summed E-state index contributed by atoms with van der Waals surface area (Å²) in [4.78, 5) is 0. The maximum absolute atomic E-state index is 5.53. The van der Waals surface area contributed by atoms with Gasteiger partial charge in [0.1, 0.15) is 0 Å². The summed E-state index contributed by atoms with van der Waals surface area (Å²) in [6.07, 6.45) is 9.83. The lowest BCUT2D eigenvalue weighted by Crippen LogP contribution is -2.39. The van der Waals surface area contributed by atoms with Crippen LogP contribution in [0.5, 0.6) is 0 Å². The van der Waals surface area contributed by atoms with Gasteiger partial charge in [0.25, 0.3) is 0 Å². The average Bonchev–Trinajstić information content (AvgIpc) is 2.91. The van der Waals surface area contributed by atoms with Crippen molar-refractivity contribution < 1.29 is 4.74 Å². The number of rotatable bonds is 6. The molecule has 18 heavy (non-hydrogen) atoms. The largest absolute Gasteiger partial charge is 0.381 e. The molecule has 2 aliphatic rings. The summed E-state index contributed by atoms with van der Waals surface area (Å²) in [5.74, 6) is 2.75. The van der Waals surface area contributed by atoms with Crippen LogP contribution in [-0.4, -0.2) is 25.8 Å². The first-order valence-corrected chi connectivity index (χ1v) is 8.14. The molecule has 2 atom stereocenters. The van der Waals surface area contributed by atoms with Crippen LogP contribution in [0.2, 0.25) is 0 Å². The Morgan fingerprint density at radius 1 is 1.06 bits per heavy atom. The molecule has 0 aromatic heterocycles. The van der Waals surface area contributed by atoms with Crippen molar-refractivity contribution in [1.82, 2.24) is 5.32 Å². The lowest BCUT2D eigenvalue weighted by molar-refractivity contribution is 0.166. The third-order valence-electron chi connectivity index (χ3n) is 5.12. The van der Waals surface area contributed by atoms with Crippen LogP contribution in [0.3, 0.4) is 0 Å². The lowest BCUT2D eigenvalue weighted by Gasteiger charge is -2.35. The molecule has 0 aromatic rings. The zero-order valence-electron chi connectivity index (χ0n) is 12.3. The highest BCUT2D eigenvalue weighted by Gasteiger charge is 2.29. The minimum atomic E-state index is 0.750. The molecule has 1 aliphatic heterocycles. The maximum Gasteiger partial charge on any atom is 0.0495 e. The third kappa shape index (κ3) is 3.96. The number of ether oxygens (including phenoxy) is 1. The fourth-order valence-corrected chi connectivity index (χ4v) is 3.83. The van der Waals surface area contributed by atoms with Crippen LogP contribution in [0.25, 0.3) is 0 Å². The van der Waals surface area contributed by atoms with Crippen molar-refractivity contribution in [2.45, 2.75) is 64.8 Å². The first kappa shape index (κ1) is 14.3. The Bertz CT molecular complexity index is 217. The monoisotopic (exact) mass is 253 g/mol. The standard InChI is InChI=1S/C16H31NO/c1-3-13-5-7-15(8-6-13)16(17-4-2)11-14-9-10-18-12-14/h13-17H,3-12H2,1-2H3. The number of nitrogens with one attached hydrogen (secondary N) is 1. The quantitative estimate of drug-likeness (QED) is 0.781. The molecule has 2 rings (SSSR count). The van der Waals surface area contributed by atoms with E-state index in [1.807, 2.05) is 0 Å². The molecule has 0 aromatic carbocycles. The van der Waals surface area contributed by atoms with Crippen molar-refractivity contribution in [3.05, 3.63) is 0 Å². The molecule has 1 aliphatic carbocycles. The van der Waals surface area contributed by atoms with Crippen LogP contribution < -0.4 is 5.32 Å². The molecule has 0 radical (unpaired) electrons. The highest BCUT2D eigenvalue weighted by Crippen LogP contribution is 2.34. The first-order chi connectivity index (χ1) is 8.83. The summed E-state index contributed by atoms with van der Waals surface area (Å²) in [7, 11) is 0. The molecule has 0 spiro atoms. The van der Waals surface area contributed by atoms with Crippen molar-refractivity contribution in [2.24, 2.45) is 17.8 Å². The molecule has 2 fully saturated rings. The van der Waals surface area contributed by atoms with Crippen LogP contribution in [0, 0.1) is 17.8 Å². The van der Waals surface area contributed by atoms with E-state index in [0.29, 0.717) is 0 Å². The van der Waals surface area contributed by atoms with Gasteiger partial charge in [-0.2, -0.15) is 0 Å². The van der Waals surface area contributed by atoms with Crippen LogP contribution >= 0.6 is 0 Å². The summed E-state index contributed by atoms with van der Waals surface area (Å²) < 4.78 is 5.53. The summed E-state index contributed by atoms with van der Waals surface area (Å²) >= 11 is 0. The number of hydrogen-bond donors (Lipinski definition) is 1. The normalized spacial score (nSPS) is 34.7. The Hall–Kier alpha value is -0.0800. The molecule has 1 heterocycles. The summed E-state index contributed by atoms with van der Waals surface area (Å²) in [5, 5.41) is 3.76. The van der Waals surface area contributed by atoms with Crippen molar-refractivity contribution in [2.75, 3.05) is 19.8 Å². The molecule has 2 heteroatoms. The van der Waals surface area contributed by atoms with Gasteiger partial charge in [0, 0.05) is 19.3 Å². The van der Waals surface area contributed by atoms with E-state index in [9.17, 15) is 0 Å². The molecular formula is C16H31NO. The Labute approximate surface area is 113 Å². The second-order valence-electron chi connectivity index (χ2n) is 6.32. The van der Waals surface area contributed by atoms with Crippen LogP contribution in [0.15, 0.2) is 0 Å². The summed E-state index contributed by atoms with van der Waals surface area (Å²) in [6.45, 7) is 7.71. The summed E-state index contributed by atoms with van der Waals surface area (Å²) in [6, 6.07) is 0.750. The van der Waals surface area contributed by atoms with Crippen LogP contribution in [-0.2, 0) is 4.74 Å². The van der Waals surface area contributed by atoms with Crippen molar-refractivity contribution in [1.29, 1.82) is 0 Å². The molecule has 2 unspecified atom stereocenters. The second-order valence-corrected chi connectivity index (χ2v) is 6.32. The molecule has 2 nitrogen and oxygen atoms in total. The molecule has 0 bridgehead atoms. The smallest absolute Gasteiger partial charge is 0.0495 e. The van der Waals surface area contributed by atoms with Gasteiger partial charge in [-0.05, 0) is 50.0 Å². The van der Waals surface area contributed by atoms with E-state index >= 15 is 0 Å². The fraction of sp³-hybridized carbons (Fsp3) is 1.00. The van der Waals surface area contributed by atoms with Gasteiger partial charge in [0.2, 0.25) is 0 Å². The van der Waals surface area contributed by atoms with Gasteiger partial charge in [-0.15, -0.1) is 0 Å². The lowest BCUT2D eigenvalue weighted by atomic mass is 9.75. The predicted octanol–water partition coefficient (Wildman–Crippen LogP) is 3.61. The Morgan fingerprint density at radius 2 is 1.83 bits per heavy atom. The molecule has 106 valence electrons. The molecule has 1 saturated carbocycles. The highest BCUT2D eigenvalue weighted by atomic mass is 16.5. The van der Waals surface area contributed by atoms with Gasteiger partial charge in [0.05, 0.1) is 0 Å². The van der Waals surface area contributed by atoms with Gasteiger partial charge in [0.15, 0.2) is 0 Å². The fourth-order valence-electron chi connectivity index (χ4n) is 3.83. The van der Waals surface area contributed by atoms with E-state index in [0.717, 1.165) is 43.6 Å². The average molecular weight is 253 g/mol. The molecule has 0 amide bonds. The van der Waals surface area contributed by atoms with E-state index in [4.69, 9.17) is 4.74 Å². The summed E-state index contributed by atoms with van der Waals surface area (Å²) in [5.41, 5.74) is 0. The van der Waals surface area contributed by atoms with E-state index in [-0.39, 0.29) is 0 Å². The topological polar surface area (TPSA) is 21.3 Å². The van der Waals surface area contributed by atoms with Crippen molar-refractivity contribution in [3.63, 3.8) is 0 Å². The van der Waals surface area contributed by atoms with Gasteiger partial charge in [-0.25, -0.2) is 0 Å². The SMILES string of the molecule is CCNC(CC1CCOC1)C1CCC(CC)CC1. The number of hydrogen-bond acceptors (Lipinski definition) is 2. The third-order valence-corrected chi connectivity index (χ3v) is 5.12. The van der Waals surface area contributed by atoms with E-state index in [2.05, 4.69) is 19.2 Å². The predicted molar refractivity (Wildman–Crippen MR) is 76.7 cm³/mol.